The third kappa shape index (κ3) is 4.99. The Morgan fingerprint density at radius 1 is 1.36 bits per heavy atom. The monoisotopic (exact) mass is 369 g/mol. The number of likely N-dealkylation sites (tertiary alicyclic amines) is 1. The van der Waals surface area contributed by atoms with Crippen LogP contribution in [0.15, 0.2) is 28.7 Å². The summed E-state index contributed by atoms with van der Waals surface area (Å²) in [6.45, 7) is 6.52. The van der Waals surface area contributed by atoms with E-state index in [1.54, 1.807) is 4.90 Å². The SMILES string of the molecule is CC(C)(C)OC(=O)N1CCC(Cc2ccc(Br)cc2)C(O)C1. The molecule has 2 rings (SSSR count). The molecule has 1 aromatic rings. The van der Waals surface area contributed by atoms with E-state index in [9.17, 15) is 9.90 Å². The molecule has 2 atom stereocenters. The number of ether oxygens (including phenoxy) is 1. The number of benzene rings is 1. The van der Waals surface area contributed by atoms with E-state index in [0.717, 1.165) is 17.3 Å². The first-order valence-electron chi connectivity index (χ1n) is 7.65. The van der Waals surface area contributed by atoms with Crippen molar-refractivity contribution < 1.29 is 14.6 Å². The summed E-state index contributed by atoms with van der Waals surface area (Å²) in [7, 11) is 0. The Morgan fingerprint density at radius 2 is 2.00 bits per heavy atom. The van der Waals surface area contributed by atoms with E-state index < -0.39 is 11.7 Å². The molecular formula is C17H24BrNO3. The lowest BCUT2D eigenvalue weighted by atomic mass is 9.88. The molecule has 1 aliphatic heterocycles. The molecule has 2 unspecified atom stereocenters. The second-order valence-electron chi connectivity index (χ2n) is 6.87. The summed E-state index contributed by atoms with van der Waals surface area (Å²) < 4.78 is 6.42. The number of carbonyl (C=O) groups excluding carboxylic acids is 1. The van der Waals surface area contributed by atoms with Crippen molar-refractivity contribution in [3.8, 4) is 0 Å². The van der Waals surface area contributed by atoms with Crippen LogP contribution in [-0.4, -0.2) is 40.9 Å². The predicted molar refractivity (Wildman–Crippen MR) is 89.8 cm³/mol. The Bertz CT molecular complexity index is 510. The lowest BCUT2D eigenvalue weighted by molar-refractivity contribution is -0.0125. The van der Waals surface area contributed by atoms with Gasteiger partial charge in [0.1, 0.15) is 5.60 Å². The number of hydrogen-bond donors (Lipinski definition) is 1. The maximum Gasteiger partial charge on any atom is 0.410 e. The van der Waals surface area contributed by atoms with Gasteiger partial charge in [0, 0.05) is 11.0 Å². The average molecular weight is 370 g/mol. The van der Waals surface area contributed by atoms with E-state index in [2.05, 4.69) is 28.1 Å². The molecule has 122 valence electrons. The van der Waals surface area contributed by atoms with Gasteiger partial charge < -0.3 is 14.7 Å². The van der Waals surface area contributed by atoms with Gasteiger partial charge in [-0.05, 0) is 57.2 Å². The minimum absolute atomic E-state index is 0.180. The van der Waals surface area contributed by atoms with Crippen molar-refractivity contribution in [2.75, 3.05) is 13.1 Å². The molecule has 0 radical (unpaired) electrons. The standard InChI is InChI=1S/C17H24BrNO3/c1-17(2,3)22-16(21)19-9-8-13(15(20)11-19)10-12-4-6-14(18)7-5-12/h4-7,13,15,20H,8-11H2,1-3H3. The van der Waals surface area contributed by atoms with Gasteiger partial charge in [-0.25, -0.2) is 4.79 Å². The Labute approximate surface area is 140 Å². The summed E-state index contributed by atoms with van der Waals surface area (Å²) >= 11 is 3.42. The number of β-amino-alcohol motifs (C(OH)–C–C–N with tert-alkyl or cyclic N) is 1. The van der Waals surface area contributed by atoms with Gasteiger partial charge in [-0.2, -0.15) is 0 Å². The van der Waals surface area contributed by atoms with Gasteiger partial charge in [-0.1, -0.05) is 28.1 Å². The van der Waals surface area contributed by atoms with E-state index in [1.165, 1.54) is 5.56 Å². The molecule has 1 amide bonds. The summed E-state index contributed by atoms with van der Waals surface area (Å²) in [5, 5.41) is 10.3. The number of piperidine rings is 1. The first-order chi connectivity index (χ1) is 10.2. The fourth-order valence-electron chi connectivity index (χ4n) is 2.63. The van der Waals surface area contributed by atoms with E-state index >= 15 is 0 Å². The van der Waals surface area contributed by atoms with Crippen LogP contribution >= 0.6 is 15.9 Å². The second kappa shape index (κ2) is 7.01. The molecule has 0 spiro atoms. The predicted octanol–water partition coefficient (Wildman–Crippen LogP) is 3.61. The van der Waals surface area contributed by atoms with Gasteiger partial charge in [0.15, 0.2) is 0 Å². The molecule has 0 saturated carbocycles. The van der Waals surface area contributed by atoms with E-state index in [1.807, 2.05) is 32.9 Å². The van der Waals surface area contributed by atoms with Crippen molar-refractivity contribution >= 4 is 22.0 Å². The Morgan fingerprint density at radius 3 is 2.55 bits per heavy atom. The molecule has 1 fully saturated rings. The zero-order valence-electron chi connectivity index (χ0n) is 13.4. The van der Waals surface area contributed by atoms with Gasteiger partial charge in [-0.15, -0.1) is 0 Å². The molecule has 5 heteroatoms. The smallest absolute Gasteiger partial charge is 0.410 e. The molecule has 1 saturated heterocycles. The lowest BCUT2D eigenvalue weighted by Crippen LogP contribution is -2.48. The average Bonchev–Trinajstić information content (AvgIpc) is 2.41. The van der Waals surface area contributed by atoms with Gasteiger partial charge in [0.05, 0.1) is 12.6 Å². The van der Waals surface area contributed by atoms with Crippen molar-refractivity contribution in [2.45, 2.75) is 45.3 Å². The molecular weight excluding hydrogens is 346 g/mol. The van der Waals surface area contributed by atoms with Gasteiger partial charge in [0.25, 0.3) is 0 Å². The lowest BCUT2D eigenvalue weighted by Gasteiger charge is -2.36. The molecule has 1 aromatic carbocycles. The molecule has 1 heterocycles. The number of hydrogen-bond acceptors (Lipinski definition) is 3. The van der Waals surface area contributed by atoms with Crippen LogP contribution in [0.1, 0.15) is 32.8 Å². The fourth-order valence-corrected chi connectivity index (χ4v) is 2.90. The van der Waals surface area contributed by atoms with Crippen LogP contribution in [0.2, 0.25) is 0 Å². The highest BCUT2D eigenvalue weighted by molar-refractivity contribution is 9.10. The van der Waals surface area contributed by atoms with Crippen LogP contribution in [0.25, 0.3) is 0 Å². The van der Waals surface area contributed by atoms with Crippen LogP contribution in [0, 0.1) is 5.92 Å². The molecule has 1 N–H and O–H groups in total. The molecule has 0 aliphatic carbocycles. The second-order valence-corrected chi connectivity index (χ2v) is 7.79. The van der Waals surface area contributed by atoms with Gasteiger partial charge in [0.2, 0.25) is 0 Å². The first-order valence-corrected chi connectivity index (χ1v) is 8.44. The summed E-state index contributed by atoms with van der Waals surface area (Å²) in [5.74, 6) is 0.180. The Kier molecular flexibility index (Phi) is 5.50. The third-order valence-corrected chi connectivity index (χ3v) is 4.31. The van der Waals surface area contributed by atoms with Crippen molar-refractivity contribution in [3.05, 3.63) is 34.3 Å². The van der Waals surface area contributed by atoms with Crippen LogP contribution in [-0.2, 0) is 11.2 Å². The number of rotatable bonds is 2. The highest BCUT2D eigenvalue weighted by Gasteiger charge is 2.32. The highest BCUT2D eigenvalue weighted by Crippen LogP contribution is 2.24. The van der Waals surface area contributed by atoms with Gasteiger partial charge >= 0.3 is 6.09 Å². The van der Waals surface area contributed by atoms with Gasteiger partial charge in [-0.3, -0.25) is 0 Å². The number of aliphatic hydroxyl groups is 1. The largest absolute Gasteiger partial charge is 0.444 e. The normalized spacial score (nSPS) is 22.5. The number of aliphatic hydroxyl groups excluding tert-OH is 1. The maximum absolute atomic E-state index is 12.0. The fraction of sp³-hybridized carbons (Fsp3) is 0.588. The van der Waals surface area contributed by atoms with E-state index in [-0.39, 0.29) is 12.0 Å². The van der Waals surface area contributed by atoms with Crippen LogP contribution < -0.4 is 0 Å². The van der Waals surface area contributed by atoms with Crippen LogP contribution in [0.5, 0.6) is 0 Å². The summed E-state index contributed by atoms with van der Waals surface area (Å²) in [6.07, 6.45) is 0.770. The summed E-state index contributed by atoms with van der Waals surface area (Å²) in [4.78, 5) is 13.7. The number of carbonyl (C=O) groups is 1. The zero-order valence-corrected chi connectivity index (χ0v) is 15.0. The summed E-state index contributed by atoms with van der Waals surface area (Å²) in [6, 6.07) is 8.16. The maximum atomic E-state index is 12.0. The summed E-state index contributed by atoms with van der Waals surface area (Å²) in [5.41, 5.74) is 0.703. The van der Waals surface area contributed by atoms with Crippen molar-refractivity contribution in [1.82, 2.24) is 4.90 Å². The van der Waals surface area contributed by atoms with E-state index in [0.29, 0.717) is 13.1 Å². The minimum atomic E-state index is -0.509. The topological polar surface area (TPSA) is 49.8 Å². The first kappa shape index (κ1) is 17.3. The van der Waals surface area contributed by atoms with Crippen LogP contribution in [0.3, 0.4) is 0 Å². The minimum Gasteiger partial charge on any atom is -0.444 e. The number of nitrogens with zero attached hydrogens (tertiary/aromatic N) is 1. The molecule has 4 nitrogen and oxygen atoms in total. The quantitative estimate of drug-likeness (QED) is 0.865. The molecule has 22 heavy (non-hydrogen) atoms. The highest BCUT2D eigenvalue weighted by atomic mass is 79.9. The molecule has 0 bridgehead atoms. The molecule has 0 aromatic heterocycles. The molecule has 1 aliphatic rings. The number of halogens is 1. The van der Waals surface area contributed by atoms with Crippen molar-refractivity contribution in [2.24, 2.45) is 5.92 Å². The number of amides is 1. The van der Waals surface area contributed by atoms with Crippen LogP contribution in [0.4, 0.5) is 4.79 Å². The third-order valence-electron chi connectivity index (χ3n) is 3.78. The zero-order chi connectivity index (χ0) is 16.3. The van der Waals surface area contributed by atoms with Crippen molar-refractivity contribution in [1.29, 1.82) is 0 Å². The van der Waals surface area contributed by atoms with Crippen molar-refractivity contribution in [3.63, 3.8) is 0 Å². The van der Waals surface area contributed by atoms with E-state index in [4.69, 9.17) is 4.74 Å². The Balaban J connectivity index is 1.90. The Hall–Kier alpha value is -1.07.